The van der Waals surface area contributed by atoms with E-state index in [-0.39, 0.29) is 47.7 Å². The summed E-state index contributed by atoms with van der Waals surface area (Å²) in [4.78, 5) is 29.2. The van der Waals surface area contributed by atoms with Gasteiger partial charge in [-0.25, -0.2) is 4.39 Å². The van der Waals surface area contributed by atoms with Crippen LogP contribution < -0.4 is 5.73 Å². The molecule has 2 aliphatic heterocycles. The highest BCUT2D eigenvalue weighted by atomic mass is 35.5. The lowest BCUT2D eigenvalue weighted by Gasteiger charge is -2.30. The van der Waals surface area contributed by atoms with Crippen LogP contribution in [0.5, 0.6) is 0 Å². The number of aryl methyl sites for hydroxylation is 1. The summed E-state index contributed by atoms with van der Waals surface area (Å²) in [7, 11) is 0. The Hall–Kier alpha value is -2.44. The van der Waals surface area contributed by atoms with Crippen LogP contribution in [0.15, 0.2) is 42.5 Å². The van der Waals surface area contributed by atoms with Gasteiger partial charge in [0.25, 0.3) is 5.91 Å². The van der Waals surface area contributed by atoms with E-state index >= 15 is 0 Å². The summed E-state index contributed by atoms with van der Waals surface area (Å²) >= 11 is 0. The van der Waals surface area contributed by atoms with Gasteiger partial charge < -0.3 is 15.5 Å². The second kappa shape index (κ2) is 9.37. The quantitative estimate of drug-likeness (QED) is 0.784. The summed E-state index contributed by atoms with van der Waals surface area (Å²) in [6.45, 7) is 5.79. The van der Waals surface area contributed by atoms with Crippen LogP contribution in [0.25, 0.3) is 0 Å². The predicted molar refractivity (Wildman–Crippen MR) is 121 cm³/mol. The number of nitrogens with zero attached hydrogens (tertiary/aromatic N) is 2. The zero-order valence-electron chi connectivity index (χ0n) is 17.9. The minimum atomic E-state index is -0.501. The van der Waals surface area contributed by atoms with Crippen LogP contribution in [0.3, 0.4) is 0 Å². The van der Waals surface area contributed by atoms with Gasteiger partial charge in [-0.15, -0.1) is 12.4 Å². The van der Waals surface area contributed by atoms with Crippen LogP contribution in [0.1, 0.15) is 40.0 Å². The molecule has 2 aromatic rings. The van der Waals surface area contributed by atoms with Crippen molar-refractivity contribution in [3.8, 4) is 0 Å². The smallest absolute Gasteiger partial charge is 0.256 e. The molecule has 2 aliphatic rings. The summed E-state index contributed by atoms with van der Waals surface area (Å²) in [5.74, 6) is -0.389. The second-order valence-corrected chi connectivity index (χ2v) is 8.46. The van der Waals surface area contributed by atoms with Crippen LogP contribution >= 0.6 is 12.4 Å². The standard InChI is InChI=1S/C24H28FN3O2.ClH/c1-15-5-3-4-6-19(15)23-21-14-27(12-18(21)13-28(23)16(2)29)24(30)20-11-17(9-10-26)7-8-22(20)25;/h3-8,11,18,21,23H,9-10,12-14,26H2,1-2H3;1H/t18-,21-,23+;/m1./s1. The number of hydrogen-bond donors (Lipinski definition) is 1. The first-order valence-corrected chi connectivity index (χ1v) is 10.5. The van der Waals surface area contributed by atoms with Crippen LogP contribution in [-0.4, -0.2) is 47.8 Å². The summed E-state index contributed by atoms with van der Waals surface area (Å²) in [5.41, 5.74) is 8.85. The average Bonchev–Trinajstić information content (AvgIpc) is 3.28. The number of halogens is 2. The maximum absolute atomic E-state index is 14.4. The number of carbonyl (C=O) groups is 2. The molecule has 2 fully saturated rings. The van der Waals surface area contributed by atoms with Crippen LogP contribution in [0.2, 0.25) is 0 Å². The Labute approximate surface area is 188 Å². The maximum Gasteiger partial charge on any atom is 0.256 e. The Kier molecular flexibility index (Phi) is 7.02. The Bertz CT molecular complexity index is 983. The monoisotopic (exact) mass is 445 g/mol. The minimum absolute atomic E-state index is 0. The summed E-state index contributed by atoms with van der Waals surface area (Å²) in [5, 5.41) is 0. The van der Waals surface area contributed by atoms with Crippen molar-refractivity contribution in [1.82, 2.24) is 9.80 Å². The molecule has 4 rings (SSSR count). The van der Waals surface area contributed by atoms with Gasteiger partial charge in [-0.05, 0) is 48.7 Å². The van der Waals surface area contributed by atoms with Crippen molar-refractivity contribution in [2.24, 2.45) is 17.6 Å². The van der Waals surface area contributed by atoms with Gasteiger partial charge in [0.15, 0.2) is 0 Å². The molecule has 0 aromatic heterocycles. The van der Waals surface area contributed by atoms with Crippen molar-refractivity contribution in [1.29, 1.82) is 0 Å². The lowest BCUT2D eigenvalue weighted by molar-refractivity contribution is -0.130. The van der Waals surface area contributed by atoms with Crippen molar-refractivity contribution in [3.05, 3.63) is 70.5 Å². The highest BCUT2D eigenvalue weighted by molar-refractivity contribution is 5.95. The van der Waals surface area contributed by atoms with E-state index in [4.69, 9.17) is 5.73 Å². The Morgan fingerprint density at radius 3 is 2.55 bits per heavy atom. The molecular weight excluding hydrogens is 417 g/mol. The highest BCUT2D eigenvalue weighted by Gasteiger charge is 2.49. The fourth-order valence-electron chi connectivity index (χ4n) is 5.08. The number of rotatable bonds is 4. The van der Waals surface area contributed by atoms with Crippen molar-refractivity contribution < 1.29 is 14.0 Å². The summed E-state index contributed by atoms with van der Waals surface area (Å²) in [6.07, 6.45) is 0.606. The molecule has 7 heteroatoms. The molecule has 2 saturated heterocycles. The predicted octanol–water partition coefficient (Wildman–Crippen LogP) is 3.35. The van der Waals surface area contributed by atoms with Gasteiger partial charge in [0, 0.05) is 38.4 Å². The lowest BCUT2D eigenvalue weighted by Crippen LogP contribution is -2.37. The first-order valence-electron chi connectivity index (χ1n) is 10.5. The van der Waals surface area contributed by atoms with E-state index in [1.54, 1.807) is 24.0 Å². The van der Waals surface area contributed by atoms with Crippen LogP contribution in [0, 0.1) is 24.6 Å². The van der Waals surface area contributed by atoms with E-state index in [1.165, 1.54) is 6.07 Å². The number of carbonyl (C=O) groups excluding carboxylic acids is 2. The van der Waals surface area contributed by atoms with E-state index in [0.717, 1.165) is 16.7 Å². The third-order valence-electron chi connectivity index (χ3n) is 6.56. The first kappa shape index (κ1) is 23.2. The molecule has 2 aromatic carbocycles. The van der Waals surface area contributed by atoms with Crippen molar-refractivity contribution in [2.45, 2.75) is 26.3 Å². The number of likely N-dealkylation sites (tertiary alicyclic amines) is 2. The third-order valence-corrected chi connectivity index (χ3v) is 6.56. The van der Waals surface area contributed by atoms with Crippen molar-refractivity contribution >= 4 is 24.2 Å². The van der Waals surface area contributed by atoms with Crippen molar-refractivity contribution in [3.63, 3.8) is 0 Å². The van der Waals surface area contributed by atoms with Crippen molar-refractivity contribution in [2.75, 3.05) is 26.2 Å². The SMILES string of the molecule is CC(=O)N1C[C@H]2CN(C(=O)c3cc(CCN)ccc3F)C[C@H]2[C@@H]1c1ccccc1C.Cl. The first-order chi connectivity index (χ1) is 14.4. The number of fused-ring (bicyclic) bond motifs is 1. The highest BCUT2D eigenvalue weighted by Crippen LogP contribution is 2.46. The number of hydrogen-bond acceptors (Lipinski definition) is 3. The zero-order valence-corrected chi connectivity index (χ0v) is 18.7. The molecule has 0 aliphatic carbocycles. The molecule has 3 atom stereocenters. The average molecular weight is 446 g/mol. The van der Waals surface area contributed by atoms with Gasteiger partial charge in [-0.3, -0.25) is 9.59 Å². The van der Waals surface area contributed by atoms with E-state index in [2.05, 4.69) is 19.1 Å². The Balaban J connectivity index is 0.00000272. The van der Waals surface area contributed by atoms with Crippen LogP contribution in [-0.2, 0) is 11.2 Å². The topological polar surface area (TPSA) is 66.6 Å². The van der Waals surface area contributed by atoms with Gasteiger partial charge in [0.2, 0.25) is 5.91 Å². The van der Waals surface area contributed by atoms with Crippen LogP contribution in [0.4, 0.5) is 4.39 Å². The number of nitrogens with two attached hydrogens (primary N) is 1. The molecular formula is C24H29ClFN3O2. The number of amides is 2. The molecule has 0 bridgehead atoms. The van der Waals surface area contributed by atoms with E-state index < -0.39 is 5.82 Å². The normalized spacial score (nSPS) is 22.3. The molecule has 0 unspecified atom stereocenters. The second-order valence-electron chi connectivity index (χ2n) is 8.46. The summed E-state index contributed by atoms with van der Waals surface area (Å²) in [6, 6.07) is 12.7. The largest absolute Gasteiger partial charge is 0.338 e. The molecule has 0 spiro atoms. The van der Waals surface area contributed by atoms with E-state index in [1.807, 2.05) is 17.0 Å². The van der Waals surface area contributed by atoms with Gasteiger partial charge in [-0.2, -0.15) is 0 Å². The Morgan fingerprint density at radius 1 is 1.13 bits per heavy atom. The third kappa shape index (κ3) is 4.32. The van der Waals surface area contributed by atoms with Gasteiger partial charge in [0.1, 0.15) is 5.82 Å². The van der Waals surface area contributed by atoms with Gasteiger partial charge in [-0.1, -0.05) is 30.3 Å². The molecule has 0 radical (unpaired) electrons. The number of benzene rings is 2. The molecule has 2 N–H and O–H groups in total. The van der Waals surface area contributed by atoms with E-state index in [0.29, 0.717) is 32.6 Å². The lowest BCUT2D eigenvalue weighted by atomic mass is 9.87. The minimum Gasteiger partial charge on any atom is -0.338 e. The zero-order chi connectivity index (χ0) is 21.4. The summed E-state index contributed by atoms with van der Waals surface area (Å²) < 4.78 is 14.4. The van der Waals surface area contributed by atoms with E-state index in [9.17, 15) is 14.0 Å². The molecule has 5 nitrogen and oxygen atoms in total. The molecule has 166 valence electrons. The maximum atomic E-state index is 14.4. The fourth-order valence-corrected chi connectivity index (χ4v) is 5.08. The molecule has 2 heterocycles. The van der Waals surface area contributed by atoms with Gasteiger partial charge >= 0.3 is 0 Å². The fraction of sp³-hybridized carbons (Fsp3) is 0.417. The molecule has 0 saturated carbocycles. The van der Waals surface area contributed by atoms with Gasteiger partial charge in [0.05, 0.1) is 11.6 Å². The molecule has 31 heavy (non-hydrogen) atoms. The molecule has 2 amide bonds. The Morgan fingerprint density at radius 2 is 1.87 bits per heavy atom.